The van der Waals surface area contributed by atoms with E-state index >= 15 is 0 Å². The molecule has 1 heterocycles. The molecule has 3 rings (SSSR count). The van der Waals surface area contributed by atoms with Crippen LogP contribution in [0, 0.1) is 4.77 Å². The molecule has 8 heteroatoms. The van der Waals surface area contributed by atoms with Crippen molar-refractivity contribution in [1.29, 1.82) is 0 Å². The summed E-state index contributed by atoms with van der Waals surface area (Å²) < 4.78 is 15.1. The van der Waals surface area contributed by atoms with Crippen LogP contribution in [-0.4, -0.2) is 21.5 Å². The summed E-state index contributed by atoms with van der Waals surface area (Å²) in [5.74, 6) is 2.30. The van der Waals surface area contributed by atoms with Crippen LogP contribution in [0.25, 0.3) is 0 Å². The number of benzene rings is 2. The van der Waals surface area contributed by atoms with Crippen molar-refractivity contribution in [2.45, 2.75) is 39.8 Å². The Balaban J connectivity index is 1.77. The molecule has 1 aromatic heterocycles. The third-order valence-corrected chi connectivity index (χ3v) is 5.11. The van der Waals surface area contributed by atoms with Crippen LogP contribution in [-0.2, 0) is 19.6 Å². The Morgan fingerprint density at radius 3 is 2.66 bits per heavy atom. The van der Waals surface area contributed by atoms with Gasteiger partial charge in [-0.05, 0) is 64.8 Å². The summed E-state index contributed by atoms with van der Waals surface area (Å²) >= 11 is 8.96. The molecule has 0 unspecified atom stereocenters. The first-order chi connectivity index (χ1) is 14.1. The minimum Gasteiger partial charge on any atom is -0.490 e. The van der Waals surface area contributed by atoms with E-state index in [1.807, 2.05) is 54.1 Å². The number of aromatic amines is 1. The molecule has 154 valence electrons. The standard InChI is InChI=1S/C21H25BrN4O2S/c1-3-8-19-24-25-21(29)26(19)23-13-16-11-17(22)20(18(12-16)27-4-2)28-14-15-9-6-5-7-10-15/h5-7,9-12,23H,3-4,8,13-14H2,1-2H3,(H,25,29). The fourth-order valence-electron chi connectivity index (χ4n) is 2.91. The van der Waals surface area contributed by atoms with Gasteiger partial charge in [-0.25, -0.2) is 4.68 Å². The van der Waals surface area contributed by atoms with Gasteiger partial charge in [0.2, 0.25) is 4.77 Å². The summed E-state index contributed by atoms with van der Waals surface area (Å²) in [6.07, 6.45) is 1.84. The lowest BCUT2D eigenvalue weighted by Crippen LogP contribution is -2.17. The molecule has 6 nitrogen and oxygen atoms in total. The fraction of sp³-hybridized carbons (Fsp3) is 0.333. The van der Waals surface area contributed by atoms with Gasteiger partial charge in [-0.3, -0.25) is 5.10 Å². The molecule has 0 aliphatic heterocycles. The van der Waals surface area contributed by atoms with Gasteiger partial charge in [0.05, 0.1) is 17.6 Å². The van der Waals surface area contributed by atoms with Crippen molar-refractivity contribution >= 4 is 28.1 Å². The minimum absolute atomic E-state index is 0.474. The SMILES string of the molecule is CCCc1n[nH]c(=S)n1NCc1cc(Br)c(OCc2ccccc2)c(OCC)c1. The molecule has 2 aromatic carbocycles. The van der Waals surface area contributed by atoms with Gasteiger partial charge in [0.1, 0.15) is 6.61 Å². The maximum absolute atomic E-state index is 6.05. The fourth-order valence-corrected chi connectivity index (χ4v) is 3.73. The van der Waals surface area contributed by atoms with E-state index in [0.29, 0.717) is 36.0 Å². The lowest BCUT2D eigenvalue weighted by Gasteiger charge is -2.16. The Labute approximate surface area is 184 Å². The molecule has 0 aliphatic rings. The van der Waals surface area contributed by atoms with E-state index in [9.17, 15) is 0 Å². The number of rotatable bonds is 10. The smallest absolute Gasteiger partial charge is 0.214 e. The number of halogens is 1. The maximum Gasteiger partial charge on any atom is 0.214 e. The van der Waals surface area contributed by atoms with Gasteiger partial charge in [0.25, 0.3) is 0 Å². The molecule has 3 aromatic rings. The van der Waals surface area contributed by atoms with Crippen molar-refractivity contribution < 1.29 is 9.47 Å². The van der Waals surface area contributed by atoms with Crippen molar-refractivity contribution in [3.05, 3.63) is 68.7 Å². The van der Waals surface area contributed by atoms with E-state index in [1.54, 1.807) is 0 Å². The summed E-state index contributed by atoms with van der Waals surface area (Å²) in [4.78, 5) is 0. The molecule has 0 radical (unpaired) electrons. The van der Waals surface area contributed by atoms with Crippen LogP contribution >= 0.6 is 28.1 Å². The number of hydrogen-bond donors (Lipinski definition) is 2. The van der Waals surface area contributed by atoms with Gasteiger partial charge in [-0.1, -0.05) is 37.3 Å². The Morgan fingerprint density at radius 1 is 1.14 bits per heavy atom. The molecule has 0 aliphatic carbocycles. The third kappa shape index (κ3) is 5.61. The predicted octanol–water partition coefficient (Wildman–Crippen LogP) is 5.38. The summed E-state index contributed by atoms with van der Waals surface area (Å²) in [5, 5.41) is 7.12. The molecule has 29 heavy (non-hydrogen) atoms. The zero-order valence-electron chi connectivity index (χ0n) is 16.6. The second kappa shape index (κ2) is 10.5. The van der Waals surface area contributed by atoms with Crippen LogP contribution in [0.4, 0.5) is 0 Å². The molecule has 0 saturated heterocycles. The van der Waals surface area contributed by atoms with E-state index in [2.05, 4.69) is 38.5 Å². The summed E-state index contributed by atoms with van der Waals surface area (Å²) in [7, 11) is 0. The number of nitrogens with zero attached hydrogens (tertiary/aromatic N) is 2. The van der Waals surface area contributed by atoms with Crippen LogP contribution < -0.4 is 14.9 Å². The lowest BCUT2D eigenvalue weighted by atomic mass is 10.2. The second-order valence-corrected chi connectivity index (χ2v) is 7.72. The van der Waals surface area contributed by atoms with Gasteiger partial charge in [-0.2, -0.15) is 5.10 Å². The maximum atomic E-state index is 6.05. The number of nitrogens with one attached hydrogen (secondary N) is 2. The highest BCUT2D eigenvalue weighted by Gasteiger charge is 2.13. The van der Waals surface area contributed by atoms with E-state index in [4.69, 9.17) is 21.7 Å². The first-order valence-corrected chi connectivity index (χ1v) is 10.8. The van der Waals surface area contributed by atoms with E-state index in [0.717, 1.165) is 34.3 Å². The van der Waals surface area contributed by atoms with E-state index < -0.39 is 0 Å². The Bertz CT molecular complexity index is 988. The monoisotopic (exact) mass is 476 g/mol. The summed E-state index contributed by atoms with van der Waals surface area (Å²) in [6.45, 7) is 5.67. The number of aromatic nitrogens is 3. The Kier molecular flexibility index (Phi) is 7.71. The minimum atomic E-state index is 0.474. The van der Waals surface area contributed by atoms with Gasteiger partial charge < -0.3 is 14.9 Å². The van der Waals surface area contributed by atoms with Crippen LogP contribution in [0.1, 0.15) is 37.2 Å². The topological polar surface area (TPSA) is 64.1 Å². The molecular weight excluding hydrogens is 452 g/mol. The van der Waals surface area contributed by atoms with Crippen molar-refractivity contribution in [3.63, 3.8) is 0 Å². The van der Waals surface area contributed by atoms with Crippen molar-refractivity contribution in [2.24, 2.45) is 0 Å². The molecule has 2 N–H and O–H groups in total. The van der Waals surface area contributed by atoms with Gasteiger partial charge >= 0.3 is 0 Å². The highest BCUT2D eigenvalue weighted by molar-refractivity contribution is 9.10. The number of aryl methyl sites for hydroxylation is 1. The molecule has 0 saturated carbocycles. The zero-order chi connectivity index (χ0) is 20.6. The molecule has 0 bridgehead atoms. The third-order valence-electron chi connectivity index (χ3n) is 4.25. The number of H-pyrrole nitrogens is 1. The summed E-state index contributed by atoms with van der Waals surface area (Å²) in [5.41, 5.74) is 5.48. The quantitative estimate of drug-likeness (QED) is 0.384. The van der Waals surface area contributed by atoms with Crippen molar-refractivity contribution in [1.82, 2.24) is 14.9 Å². The summed E-state index contributed by atoms with van der Waals surface area (Å²) in [6, 6.07) is 14.1. The largest absolute Gasteiger partial charge is 0.490 e. The van der Waals surface area contributed by atoms with Gasteiger partial charge in [-0.15, -0.1) is 0 Å². The van der Waals surface area contributed by atoms with Gasteiger partial charge in [0, 0.05) is 6.42 Å². The molecule has 0 atom stereocenters. The lowest BCUT2D eigenvalue weighted by molar-refractivity contribution is 0.267. The number of ether oxygens (including phenoxy) is 2. The van der Waals surface area contributed by atoms with Crippen LogP contribution in [0.3, 0.4) is 0 Å². The van der Waals surface area contributed by atoms with Crippen LogP contribution in [0.15, 0.2) is 46.9 Å². The molecule has 0 amide bonds. The average molecular weight is 477 g/mol. The predicted molar refractivity (Wildman–Crippen MR) is 121 cm³/mol. The van der Waals surface area contributed by atoms with Crippen LogP contribution in [0.5, 0.6) is 11.5 Å². The Morgan fingerprint density at radius 2 is 1.93 bits per heavy atom. The van der Waals surface area contributed by atoms with Gasteiger partial charge in [0.15, 0.2) is 17.3 Å². The highest BCUT2D eigenvalue weighted by Crippen LogP contribution is 2.37. The first-order valence-electron chi connectivity index (χ1n) is 9.64. The van der Waals surface area contributed by atoms with E-state index in [-0.39, 0.29) is 0 Å². The van der Waals surface area contributed by atoms with Crippen molar-refractivity contribution in [2.75, 3.05) is 12.0 Å². The molecule has 0 fully saturated rings. The molecule has 0 spiro atoms. The second-order valence-electron chi connectivity index (χ2n) is 6.48. The molecular formula is C21H25BrN4O2S. The Hall–Kier alpha value is -2.32. The first kappa shape index (κ1) is 21.4. The van der Waals surface area contributed by atoms with Crippen LogP contribution in [0.2, 0.25) is 0 Å². The number of hydrogen-bond acceptors (Lipinski definition) is 5. The normalized spacial score (nSPS) is 10.7. The highest BCUT2D eigenvalue weighted by atomic mass is 79.9. The zero-order valence-corrected chi connectivity index (χ0v) is 19.0. The van der Waals surface area contributed by atoms with E-state index in [1.165, 1.54) is 0 Å². The van der Waals surface area contributed by atoms with Crippen molar-refractivity contribution in [3.8, 4) is 11.5 Å². The average Bonchev–Trinajstić information content (AvgIpc) is 3.06.